The van der Waals surface area contributed by atoms with Crippen LogP contribution in [0.15, 0.2) is 18.2 Å². The number of hydrogen-bond acceptors (Lipinski definition) is 3. The Labute approximate surface area is 102 Å². The molecule has 0 atom stereocenters. The lowest BCUT2D eigenvalue weighted by Crippen LogP contribution is -2.08. The molecule has 0 aliphatic heterocycles. The minimum Gasteiger partial charge on any atom is -0.496 e. The highest BCUT2D eigenvalue weighted by molar-refractivity contribution is 5.41. The Hall–Kier alpha value is -1.53. The quantitative estimate of drug-likeness (QED) is 0.799. The molecular weight excluding hydrogens is 214 g/mol. The highest BCUT2D eigenvalue weighted by atomic mass is 16.5. The maximum Gasteiger partial charge on any atom is 0.124 e. The standard InChI is InChI=1S/C14H17NO2/c1-16-14-7-6-11(9-15)8-12(14)10-17-13-4-2-3-5-13/h6-8,13H,2-5,10H2,1H3. The number of methoxy groups -OCH3 is 1. The fourth-order valence-electron chi connectivity index (χ4n) is 2.22. The van der Waals surface area contributed by atoms with E-state index in [1.165, 1.54) is 12.8 Å². The molecule has 1 aliphatic rings. The summed E-state index contributed by atoms with van der Waals surface area (Å²) >= 11 is 0. The van der Waals surface area contributed by atoms with Crippen molar-refractivity contribution in [1.82, 2.24) is 0 Å². The summed E-state index contributed by atoms with van der Waals surface area (Å²) in [7, 11) is 1.64. The van der Waals surface area contributed by atoms with Crippen LogP contribution in [0.3, 0.4) is 0 Å². The van der Waals surface area contributed by atoms with Gasteiger partial charge in [0, 0.05) is 5.56 Å². The first kappa shape index (κ1) is 11.9. The second-order valence-electron chi connectivity index (χ2n) is 4.36. The number of nitriles is 1. The summed E-state index contributed by atoms with van der Waals surface area (Å²) in [5.74, 6) is 0.794. The van der Waals surface area contributed by atoms with Crippen LogP contribution < -0.4 is 4.74 Å². The van der Waals surface area contributed by atoms with Gasteiger partial charge in [0.15, 0.2) is 0 Å². The fourth-order valence-corrected chi connectivity index (χ4v) is 2.22. The average molecular weight is 231 g/mol. The van der Waals surface area contributed by atoms with Crippen molar-refractivity contribution in [2.45, 2.75) is 38.4 Å². The molecule has 1 aromatic carbocycles. The molecule has 0 radical (unpaired) electrons. The minimum absolute atomic E-state index is 0.380. The van der Waals surface area contributed by atoms with Crippen molar-refractivity contribution in [3.63, 3.8) is 0 Å². The molecule has 0 N–H and O–H groups in total. The number of benzene rings is 1. The molecule has 0 unspecified atom stereocenters. The first-order chi connectivity index (χ1) is 8.33. The molecule has 0 heterocycles. The van der Waals surface area contributed by atoms with Gasteiger partial charge in [0.05, 0.1) is 31.5 Å². The maximum absolute atomic E-state index is 8.87. The van der Waals surface area contributed by atoms with Gasteiger partial charge in [-0.3, -0.25) is 0 Å². The van der Waals surface area contributed by atoms with Crippen LogP contribution in [0.5, 0.6) is 5.75 Å². The van der Waals surface area contributed by atoms with E-state index in [0.29, 0.717) is 18.3 Å². The van der Waals surface area contributed by atoms with E-state index in [1.807, 2.05) is 12.1 Å². The van der Waals surface area contributed by atoms with Gasteiger partial charge in [-0.2, -0.15) is 5.26 Å². The van der Waals surface area contributed by atoms with Crippen LogP contribution in [0.25, 0.3) is 0 Å². The normalized spacial score (nSPS) is 15.8. The van der Waals surface area contributed by atoms with Gasteiger partial charge in [0.25, 0.3) is 0 Å². The molecule has 1 aliphatic carbocycles. The van der Waals surface area contributed by atoms with Gasteiger partial charge in [0.1, 0.15) is 5.75 Å². The lowest BCUT2D eigenvalue weighted by Gasteiger charge is -2.13. The Balaban J connectivity index is 2.04. The number of ether oxygens (including phenoxy) is 2. The van der Waals surface area contributed by atoms with Gasteiger partial charge in [-0.1, -0.05) is 12.8 Å². The fraction of sp³-hybridized carbons (Fsp3) is 0.500. The minimum atomic E-state index is 0.380. The SMILES string of the molecule is COc1ccc(C#N)cc1COC1CCCC1. The monoisotopic (exact) mass is 231 g/mol. The Kier molecular flexibility index (Phi) is 4.00. The Morgan fingerprint density at radius 1 is 1.35 bits per heavy atom. The number of nitrogens with zero attached hydrogens (tertiary/aromatic N) is 1. The smallest absolute Gasteiger partial charge is 0.124 e. The summed E-state index contributed by atoms with van der Waals surface area (Å²) in [6.45, 7) is 0.531. The van der Waals surface area contributed by atoms with Crippen molar-refractivity contribution < 1.29 is 9.47 Å². The second kappa shape index (κ2) is 5.70. The van der Waals surface area contributed by atoms with E-state index >= 15 is 0 Å². The van der Waals surface area contributed by atoms with Crippen molar-refractivity contribution in [1.29, 1.82) is 5.26 Å². The van der Waals surface area contributed by atoms with E-state index in [4.69, 9.17) is 14.7 Å². The summed E-state index contributed by atoms with van der Waals surface area (Å²) in [6.07, 6.45) is 5.21. The third-order valence-electron chi connectivity index (χ3n) is 3.19. The summed E-state index contributed by atoms with van der Waals surface area (Å²) in [5.41, 5.74) is 1.61. The molecular formula is C14H17NO2. The molecule has 0 aromatic heterocycles. The molecule has 17 heavy (non-hydrogen) atoms. The number of rotatable bonds is 4. The molecule has 3 heteroatoms. The molecule has 1 fully saturated rings. The van der Waals surface area contributed by atoms with Crippen LogP contribution in [0.4, 0.5) is 0 Å². The van der Waals surface area contributed by atoms with Crippen molar-refractivity contribution in [2.24, 2.45) is 0 Å². The van der Waals surface area contributed by atoms with Crippen LogP contribution in [-0.2, 0) is 11.3 Å². The van der Waals surface area contributed by atoms with Crippen LogP contribution in [-0.4, -0.2) is 13.2 Å². The average Bonchev–Trinajstić information content (AvgIpc) is 2.89. The molecule has 0 saturated heterocycles. The highest BCUT2D eigenvalue weighted by Crippen LogP contribution is 2.25. The predicted molar refractivity (Wildman–Crippen MR) is 64.8 cm³/mol. The molecule has 1 aromatic rings. The van der Waals surface area contributed by atoms with Crippen molar-refractivity contribution >= 4 is 0 Å². The van der Waals surface area contributed by atoms with Crippen LogP contribution in [0, 0.1) is 11.3 Å². The van der Waals surface area contributed by atoms with E-state index in [1.54, 1.807) is 13.2 Å². The zero-order valence-corrected chi connectivity index (χ0v) is 10.1. The zero-order valence-electron chi connectivity index (χ0n) is 10.1. The van der Waals surface area contributed by atoms with Crippen molar-refractivity contribution in [2.75, 3.05) is 7.11 Å². The molecule has 1 saturated carbocycles. The summed E-state index contributed by atoms with van der Waals surface area (Å²) in [5, 5.41) is 8.87. The molecule has 2 rings (SSSR count). The first-order valence-electron chi connectivity index (χ1n) is 6.02. The maximum atomic E-state index is 8.87. The topological polar surface area (TPSA) is 42.2 Å². The third-order valence-corrected chi connectivity index (χ3v) is 3.19. The lowest BCUT2D eigenvalue weighted by atomic mass is 10.1. The molecule has 0 spiro atoms. The van der Waals surface area contributed by atoms with E-state index < -0.39 is 0 Å². The van der Waals surface area contributed by atoms with E-state index in [-0.39, 0.29) is 0 Å². The second-order valence-corrected chi connectivity index (χ2v) is 4.36. The molecule has 0 amide bonds. The van der Waals surface area contributed by atoms with Gasteiger partial charge < -0.3 is 9.47 Å². The summed E-state index contributed by atoms with van der Waals surface area (Å²) in [4.78, 5) is 0. The summed E-state index contributed by atoms with van der Waals surface area (Å²) in [6, 6.07) is 7.56. The van der Waals surface area contributed by atoms with E-state index in [2.05, 4.69) is 6.07 Å². The van der Waals surface area contributed by atoms with Crippen molar-refractivity contribution in [3.8, 4) is 11.8 Å². The largest absolute Gasteiger partial charge is 0.496 e. The molecule has 0 bridgehead atoms. The van der Waals surface area contributed by atoms with Crippen LogP contribution in [0.1, 0.15) is 36.8 Å². The zero-order chi connectivity index (χ0) is 12.1. The van der Waals surface area contributed by atoms with Crippen LogP contribution in [0.2, 0.25) is 0 Å². The highest BCUT2D eigenvalue weighted by Gasteiger charge is 2.16. The van der Waals surface area contributed by atoms with Gasteiger partial charge in [-0.05, 0) is 31.0 Å². The number of hydrogen-bond donors (Lipinski definition) is 0. The summed E-state index contributed by atoms with van der Waals surface area (Å²) < 4.78 is 11.1. The predicted octanol–water partition coefficient (Wildman–Crippen LogP) is 3.03. The Morgan fingerprint density at radius 3 is 2.76 bits per heavy atom. The Bertz CT molecular complexity index is 417. The lowest BCUT2D eigenvalue weighted by molar-refractivity contribution is 0.0446. The first-order valence-corrected chi connectivity index (χ1v) is 6.02. The van der Waals surface area contributed by atoms with Gasteiger partial charge in [-0.25, -0.2) is 0 Å². The van der Waals surface area contributed by atoms with Gasteiger partial charge >= 0.3 is 0 Å². The van der Waals surface area contributed by atoms with Gasteiger partial charge in [-0.15, -0.1) is 0 Å². The molecule has 3 nitrogen and oxygen atoms in total. The van der Waals surface area contributed by atoms with Crippen LogP contribution >= 0.6 is 0 Å². The van der Waals surface area contributed by atoms with Crippen molar-refractivity contribution in [3.05, 3.63) is 29.3 Å². The third kappa shape index (κ3) is 2.98. The van der Waals surface area contributed by atoms with E-state index in [9.17, 15) is 0 Å². The van der Waals surface area contributed by atoms with E-state index in [0.717, 1.165) is 24.2 Å². The Morgan fingerprint density at radius 2 is 2.12 bits per heavy atom. The van der Waals surface area contributed by atoms with Gasteiger partial charge in [0.2, 0.25) is 0 Å². The molecule has 90 valence electrons.